The number of hydrogen-bond acceptors (Lipinski definition) is 2. The van der Waals surface area contributed by atoms with E-state index in [1.54, 1.807) is 0 Å². The number of imidazole rings is 1. The number of fused-ring (bicyclic) bond motifs is 1. The van der Waals surface area contributed by atoms with E-state index in [9.17, 15) is 0 Å². The Bertz CT molecular complexity index is 564. The molecule has 1 unspecified atom stereocenters. The summed E-state index contributed by atoms with van der Waals surface area (Å²) in [6, 6.07) is 2.13. The van der Waals surface area contributed by atoms with Crippen molar-refractivity contribution >= 4 is 0 Å². The first-order valence-electron chi connectivity index (χ1n) is 6.81. The number of aromatic nitrogens is 4. The lowest BCUT2D eigenvalue weighted by Gasteiger charge is -2.15. The van der Waals surface area contributed by atoms with Gasteiger partial charge in [0.1, 0.15) is 5.69 Å². The molecule has 0 aromatic carbocycles. The summed E-state index contributed by atoms with van der Waals surface area (Å²) >= 11 is 0. The number of hydrogen-bond donors (Lipinski definition) is 1. The summed E-state index contributed by atoms with van der Waals surface area (Å²) in [4.78, 5) is 8.28. The van der Waals surface area contributed by atoms with E-state index in [1.807, 2.05) is 11.7 Å². The quantitative estimate of drug-likeness (QED) is 0.883. The van der Waals surface area contributed by atoms with Crippen LogP contribution in [0.3, 0.4) is 0 Å². The fourth-order valence-corrected chi connectivity index (χ4v) is 2.79. The van der Waals surface area contributed by atoms with Gasteiger partial charge in [-0.3, -0.25) is 4.68 Å². The molecule has 4 nitrogen and oxygen atoms in total. The number of aryl methyl sites for hydroxylation is 3. The van der Waals surface area contributed by atoms with Crippen LogP contribution in [0.1, 0.15) is 49.7 Å². The van der Waals surface area contributed by atoms with E-state index in [0.717, 1.165) is 30.1 Å². The smallest absolute Gasteiger partial charge is 0.156 e. The third-order valence-electron chi connectivity index (χ3n) is 3.88. The van der Waals surface area contributed by atoms with E-state index in [0.29, 0.717) is 5.92 Å². The summed E-state index contributed by atoms with van der Waals surface area (Å²) in [5.74, 6) is 1.56. The predicted octanol–water partition coefficient (Wildman–Crippen LogP) is 2.81. The number of nitrogens with one attached hydrogen (secondary N) is 1. The maximum absolute atomic E-state index is 4.79. The van der Waals surface area contributed by atoms with Crippen molar-refractivity contribution in [2.75, 3.05) is 0 Å². The largest absolute Gasteiger partial charge is 0.340 e. The summed E-state index contributed by atoms with van der Waals surface area (Å²) in [6.07, 6.45) is 4.61. The highest BCUT2D eigenvalue weighted by atomic mass is 15.3. The van der Waals surface area contributed by atoms with Crippen molar-refractivity contribution in [3.8, 4) is 11.5 Å². The van der Waals surface area contributed by atoms with Gasteiger partial charge in [-0.15, -0.1) is 0 Å². The van der Waals surface area contributed by atoms with Crippen LogP contribution >= 0.6 is 0 Å². The Morgan fingerprint density at radius 3 is 3.00 bits per heavy atom. The van der Waals surface area contributed by atoms with E-state index in [-0.39, 0.29) is 0 Å². The maximum atomic E-state index is 4.79. The molecule has 0 radical (unpaired) electrons. The van der Waals surface area contributed by atoms with Gasteiger partial charge in [-0.25, -0.2) is 4.98 Å². The Hall–Kier alpha value is -1.58. The highest BCUT2D eigenvalue weighted by molar-refractivity contribution is 5.52. The van der Waals surface area contributed by atoms with Gasteiger partial charge in [0.15, 0.2) is 5.82 Å². The molecule has 0 saturated heterocycles. The second kappa shape index (κ2) is 4.26. The SMILES string of the molecule is CCc1cc(-c2nc3c([nH]2)CCCC3C)n(C)n1. The van der Waals surface area contributed by atoms with Crippen molar-refractivity contribution < 1.29 is 0 Å². The third-order valence-corrected chi connectivity index (χ3v) is 3.88. The molecule has 2 aromatic heterocycles. The Balaban J connectivity index is 2.04. The van der Waals surface area contributed by atoms with Gasteiger partial charge in [0.2, 0.25) is 0 Å². The van der Waals surface area contributed by atoms with Crippen molar-refractivity contribution in [1.82, 2.24) is 19.7 Å². The molecule has 1 atom stereocenters. The van der Waals surface area contributed by atoms with Crippen LogP contribution < -0.4 is 0 Å². The predicted molar refractivity (Wildman–Crippen MR) is 71.5 cm³/mol. The summed E-state index contributed by atoms with van der Waals surface area (Å²) < 4.78 is 1.92. The Morgan fingerprint density at radius 2 is 2.33 bits per heavy atom. The molecule has 0 fully saturated rings. The molecule has 1 aliphatic carbocycles. The average molecular weight is 244 g/mol. The minimum absolute atomic E-state index is 0.581. The molecule has 2 heterocycles. The molecule has 4 heteroatoms. The van der Waals surface area contributed by atoms with Gasteiger partial charge in [0.25, 0.3) is 0 Å². The number of aromatic amines is 1. The zero-order valence-corrected chi connectivity index (χ0v) is 11.3. The molecule has 1 aliphatic rings. The van der Waals surface area contributed by atoms with Gasteiger partial charge in [0, 0.05) is 18.7 Å². The molecule has 0 saturated carbocycles. The highest BCUT2D eigenvalue weighted by Crippen LogP contribution is 2.31. The van der Waals surface area contributed by atoms with Crippen molar-refractivity contribution in [3.05, 3.63) is 23.1 Å². The van der Waals surface area contributed by atoms with Gasteiger partial charge in [-0.2, -0.15) is 5.10 Å². The lowest BCUT2D eigenvalue weighted by Crippen LogP contribution is -2.05. The Kier molecular flexibility index (Phi) is 2.73. The summed E-state index contributed by atoms with van der Waals surface area (Å²) in [7, 11) is 1.99. The highest BCUT2D eigenvalue weighted by Gasteiger charge is 2.22. The lowest BCUT2D eigenvalue weighted by molar-refractivity contribution is 0.574. The molecule has 2 aromatic rings. The van der Waals surface area contributed by atoms with Crippen molar-refractivity contribution in [3.63, 3.8) is 0 Å². The second-order valence-corrected chi connectivity index (χ2v) is 5.24. The molecule has 1 N–H and O–H groups in total. The first kappa shape index (κ1) is 11.5. The van der Waals surface area contributed by atoms with Crippen LogP contribution in [-0.2, 0) is 19.9 Å². The van der Waals surface area contributed by atoms with E-state index >= 15 is 0 Å². The van der Waals surface area contributed by atoms with Crippen molar-refractivity contribution in [1.29, 1.82) is 0 Å². The van der Waals surface area contributed by atoms with Gasteiger partial charge in [-0.1, -0.05) is 13.8 Å². The number of H-pyrrole nitrogens is 1. The number of rotatable bonds is 2. The van der Waals surface area contributed by atoms with E-state index < -0.39 is 0 Å². The molecule has 3 rings (SSSR count). The molecule has 0 amide bonds. The first-order chi connectivity index (χ1) is 8.69. The molecule has 0 aliphatic heterocycles. The minimum Gasteiger partial charge on any atom is -0.340 e. The normalized spacial score (nSPS) is 18.9. The van der Waals surface area contributed by atoms with Gasteiger partial charge >= 0.3 is 0 Å². The van der Waals surface area contributed by atoms with Gasteiger partial charge < -0.3 is 4.98 Å². The van der Waals surface area contributed by atoms with Crippen LogP contribution in [-0.4, -0.2) is 19.7 Å². The fourth-order valence-electron chi connectivity index (χ4n) is 2.79. The third kappa shape index (κ3) is 1.76. The van der Waals surface area contributed by atoms with Crippen LogP contribution in [0.4, 0.5) is 0 Å². The Morgan fingerprint density at radius 1 is 1.50 bits per heavy atom. The average Bonchev–Trinajstić information content (AvgIpc) is 2.93. The van der Waals surface area contributed by atoms with Crippen LogP contribution in [0.15, 0.2) is 6.07 Å². The van der Waals surface area contributed by atoms with Crippen LogP contribution in [0, 0.1) is 0 Å². The van der Waals surface area contributed by atoms with Crippen LogP contribution in [0.25, 0.3) is 11.5 Å². The summed E-state index contributed by atoms with van der Waals surface area (Å²) in [5.41, 5.74) is 4.79. The van der Waals surface area contributed by atoms with Crippen molar-refractivity contribution in [2.45, 2.75) is 45.4 Å². The monoisotopic (exact) mass is 244 g/mol. The molecule has 18 heavy (non-hydrogen) atoms. The zero-order chi connectivity index (χ0) is 12.7. The molecular formula is C14H20N4. The van der Waals surface area contributed by atoms with Gasteiger partial charge in [0.05, 0.1) is 11.4 Å². The molecular weight excluding hydrogens is 224 g/mol. The fraction of sp³-hybridized carbons (Fsp3) is 0.571. The first-order valence-corrected chi connectivity index (χ1v) is 6.81. The number of nitrogens with zero attached hydrogens (tertiary/aromatic N) is 3. The second-order valence-electron chi connectivity index (χ2n) is 5.24. The molecule has 0 bridgehead atoms. The van der Waals surface area contributed by atoms with E-state index in [2.05, 4.69) is 30.0 Å². The summed E-state index contributed by atoms with van der Waals surface area (Å²) in [6.45, 7) is 4.39. The molecule has 0 spiro atoms. The van der Waals surface area contributed by atoms with Crippen LogP contribution in [0.2, 0.25) is 0 Å². The van der Waals surface area contributed by atoms with E-state index in [1.165, 1.54) is 24.2 Å². The van der Waals surface area contributed by atoms with E-state index in [4.69, 9.17) is 4.98 Å². The topological polar surface area (TPSA) is 46.5 Å². The minimum atomic E-state index is 0.581. The maximum Gasteiger partial charge on any atom is 0.156 e. The Labute approximate surface area is 107 Å². The lowest BCUT2D eigenvalue weighted by atomic mass is 9.92. The van der Waals surface area contributed by atoms with Crippen molar-refractivity contribution in [2.24, 2.45) is 7.05 Å². The standard InChI is InChI=1S/C14H20N4/c1-4-10-8-12(18(3)17-10)14-15-11-7-5-6-9(2)13(11)16-14/h8-9H,4-7H2,1-3H3,(H,15,16). The van der Waals surface area contributed by atoms with Gasteiger partial charge in [-0.05, 0) is 31.7 Å². The summed E-state index contributed by atoms with van der Waals surface area (Å²) in [5, 5.41) is 4.49. The van der Waals surface area contributed by atoms with Crippen LogP contribution in [0.5, 0.6) is 0 Å². The molecule has 96 valence electrons. The zero-order valence-electron chi connectivity index (χ0n) is 11.3.